The first-order valence-corrected chi connectivity index (χ1v) is 9.73. The van der Waals surface area contributed by atoms with Gasteiger partial charge in [0.2, 0.25) is 5.91 Å². The summed E-state index contributed by atoms with van der Waals surface area (Å²) in [5, 5.41) is 0. The van der Waals surface area contributed by atoms with Crippen LogP contribution in [0.1, 0.15) is 41.4 Å². The van der Waals surface area contributed by atoms with Gasteiger partial charge in [0.05, 0.1) is 31.9 Å². The molecule has 0 N–H and O–H groups in total. The molecule has 28 heavy (non-hydrogen) atoms. The minimum Gasteiger partial charge on any atom is -0.382 e. The standard InChI is InChI=1S/C21H28N4O3/c1-16-23-13-19(15-28-11-10-27-2)21(24-16)18-4-3-9-25(14-18)20(26)12-17-5-7-22-8-6-17/h5-8,13,18H,3-4,9-12,14-15H2,1-2H3. The maximum absolute atomic E-state index is 12.8. The number of rotatable bonds is 8. The van der Waals surface area contributed by atoms with Crippen LogP contribution in [-0.4, -0.2) is 59.2 Å². The van der Waals surface area contributed by atoms with Gasteiger partial charge < -0.3 is 14.4 Å². The number of piperidine rings is 1. The lowest BCUT2D eigenvalue weighted by molar-refractivity contribution is -0.131. The molecule has 1 unspecified atom stereocenters. The number of hydrogen-bond donors (Lipinski definition) is 0. The molecule has 0 aliphatic carbocycles. The van der Waals surface area contributed by atoms with Gasteiger partial charge >= 0.3 is 0 Å². The summed E-state index contributed by atoms with van der Waals surface area (Å²) in [6.07, 6.45) is 7.69. The third kappa shape index (κ3) is 5.56. The van der Waals surface area contributed by atoms with Crippen molar-refractivity contribution in [2.75, 3.05) is 33.4 Å². The molecule has 0 saturated carbocycles. The van der Waals surface area contributed by atoms with Gasteiger partial charge in [-0.1, -0.05) is 0 Å². The van der Waals surface area contributed by atoms with Gasteiger partial charge in [0.15, 0.2) is 0 Å². The molecule has 2 aromatic heterocycles. The molecule has 7 nitrogen and oxygen atoms in total. The molecular formula is C21H28N4O3. The molecule has 1 aliphatic heterocycles. The predicted molar refractivity (Wildman–Crippen MR) is 105 cm³/mol. The van der Waals surface area contributed by atoms with Gasteiger partial charge in [-0.2, -0.15) is 0 Å². The molecule has 3 heterocycles. The molecular weight excluding hydrogens is 356 g/mol. The Kier molecular flexibility index (Phi) is 7.45. The smallest absolute Gasteiger partial charge is 0.227 e. The van der Waals surface area contributed by atoms with E-state index in [0.29, 0.717) is 32.8 Å². The number of aromatic nitrogens is 3. The largest absolute Gasteiger partial charge is 0.382 e. The summed E-state index contributed by atoms with van der Waals surface area (Å²) in [6.45, 7) is 4.93. The number of amides is 1. The minimum atomic E-state index is 0.152. The number of ether oxygens (including phenoxy) is 2. The van der Waals surface area contributed by atoms with Crippen molar-refractivity contribution in [3.8, 4) is 0 Å². The molecule has 0 radical (unpaired) electrons. The Balaban J connectivity index is 1.67. The highest BCUT2D eigenvalue weighted by Gasteiger charge is 2.27. The molecule has 1 atom stereocenters. The Hall–Kier alpha value is -2.38. The number of aryl methyl sites for hydroxylation is 1. The second-order valence-corrected chi connectivity index (χ2v) is 7.08. The highest BCUT2D eigenvalue weighted by molar-refractivity contribution is 5.78. The van der Waals surface area contributed by atoms with Crippen LogP contribution in [0, 0.1) is 6.92 Å². The van der Waals surface area contributed by atoms with Gasteiger partial charge in [-0.25, -0.2) is 9.97 Å². The minimum absolute atomic E-state index is 0.152. The van der Waals surface area contributed by atoms with Crippen molar-refractivity contribution in [2.24, 2.45) is 0 Å². The summed E-state index contributed by atoms with van der Waals surface area (Å²) in [6, 6.07) is 3.78. The van der Waals surface area contributed by atoms with Crippen LogP contribution in [-0.2, 0) is 27.3 Å². The lowest BCUT2D eigenvalue weighted by atomic mass is 9.91. The Bertz CT molecular complexity index is 770. The average Bonchev–Trinajstić information content (AvgIpc) is 2.73. The molecule has 1 fully saturated rings. The van der Waals surface area contributed by atoms with Gasteiger partial charge in [0.1, 0.15) is 5.82 Å². The van der Waals surface area contributed by atoms with Gasteiger partial charge in [-0.3, -0.25) is 9.78 Å². The van der Waals surface area contributed by atoms with E-state index in [1.54, 1.807) is 19.5 Å². The predicted octanol–water partition coefficient (Wildman–Crippen LogP) is 2.29. The Labute approximate surface area is 166 Å². The zero-order chi connectivity index (χ0) is 19.8. The van der Waals surface area contributed by atoms with Crippen LogP contribution in [0.5, 0.6) is 0 Å². The highest BCUT2D eigenvalue weighted by atomic mass is 16.5. The molecule has 150 valence electrons. The summed E-state index contributed by atoms with van der Waals surface area (Å²) in [5.74, 6) is 1.10. The van der Waals surface area contributed by atoms with E-state index in [1.807, 2.05) is 30.2 Å². The fourth-order valence-corrected chi connectivity index (χ4v) is 3.52. The number of nitrogens with zero attached hydrogens (tertiary/aromatic N) is 4. The monoisotopic (exact) mass is 384 g/mol. The zero-order valence-corrected chi connectivity index (χ0v) is 16.6. The van der Waals surface area contributed by atoms with Crippen molar-refractivity contribution in [3.05, 3.63) is 53.4 Å². The summed E-state index contributed by atoms with van der Waals surface area (Å²) < 4.78 is 10.7. The van der Waals surface area contributed by atoms with E-state index in [-0.39, 0.29) is 11.8 Å². The highest BCUT2D eigenvalue weighted by Crippen LogP contribution is 2.28. The number of pyridine rings is 1. The average molecular weight is 384 g/mol. The van der Waals surface area contributed by atoms with Crippen LogP contribution in [0.3, 0.4) is 0 Å². The first kappa shape index (κ1) is 20.4. The van der Waals surface area contributed by atoms with Crippen LogP contribution in [0.15, 0.2) is 30.7 Å². The SMILES string of the molecule is COCCOCc1cnc(C)nc1C1CCCN(C(=O)Cc2ccncc2)C1. The fourth-order valence-electron chi connectivity index (χ4n) is 3.52. The Morgan fingerprint density at radius 2 is 2.11 bits per heavy atom. The van der Waals surface area contributed by atoms with Crippen molar-refractivity contribution >= 4 is 5.91 Å². The summed E-state index contributed by atoms with van der Waals surface area (Å²) in [5.41, 5.74) is 2.99. The van der Waals surface area contributed by atoms with Crippen LogP contribution in [0.2, 0.25) is 0 Å². The van der Waals surface area contributed by atoms with Crippen LogP contribution in [0.25, 0.3) is 0 Å². The van der Waals surface area contributed by atoms with Crippen LogP contribution < -0.4 is 0 Å². The third-order valence-electron chi connectivity index (χ3n) is 4.97. The third-order valence-corrected chi connectivity index (χ3v) is 4.97. The first-order chi connectivity index (χ1) is 13.7. The van der Waals surface area contributed by atoms with E-state index in [4.69, 9.17) is 14.5 Å². The van der Waals surface area contributed by atoms with Crippen LogP contribution >= 0.6 is 0 Å². The van der Waals surface area contributed by atoms with Crippen molar-refractivity contribution in [1.82, 2.24) is 19.9 Å². The number of likely N-dealkylation sites (tertiary alicyclic amines) is 1. The molecule has 0 bridgehead atoms. The van der Waals surface area contributed by atoms with E-state index >= 15 is 0 Å². The second-order valence-electron chi connectivity index (χ2n) is 7.08. The van der Waals surface area contributed by atoms with Gasteiger partial charge in [-0.15, -0.1) is 0 Å². The van der Waals surface area contributed by atoms with Gasteiger partial charge in [0.25, 0.3) is 0 Å². The maximum Gasteiger partial charge on any atom is 0.227 e. The normalized spacial score (nSPS) is 16.9. The molecule has 1 saturated heterocycles. The summed E-state index contributed by atoms with van der Waals surface area (Å²) in [7, 11) is 1.66. The molecule has 7 heteroatoms. The molecule has 1 aliphatic rings. The Morgan fingerprint density at radius 3 is 2.89 bits per heavy atom. The van der Waals surface area contributed by atoms with Crippen molar-refractivity contribution < 1.29 is 14.3 Å². The molecule has 3 rings (SSSR count). The maximum atomic E-state index is 12.8. The molecule has 0 spiro atoms. The van der Waals surface area contributed by atoms with E-state index in [0.717, 1.165) is 42.0 Å². The lowest BCUT2D eigenvalue weighted by Crippen LogP contribution is -2.40. The summed E-state index contributed by atoms with van der Waals surface area (Å²) >= 11 is 0. The lowest BCUT2D eigenvalue weighted by Gasteiger charge is -2.33. The fraction of sp³-hybridized carbons (Fsp3) is 0.524. The number of carbonyl (C=O) groups is 1. The van der Waals surface area contributed by atoms with E-state index in [9.17, 15) is 4.79 Å². The number of carbonyl (C=O) groups excluding carboxylic acids is 1. The second kappa shape index (κ2) is 10.2. The van der Waals surface area contributed by atoms with Crippen LogP contribution in [0.4, 0.5) is 0 Å². The van der Waals surface area contributed by atoms with Gasteiger partial charge in [-0.05, 0) is 37.5 Å². The first-order valence-electron chi connectivity index (χ1n) is 9.73. The zero-order valence-electron chi connectivity index (χ0n) is 16.6. The molecule has 1 amide bonds. The van der Waals surface area contributed by atoms with E-state index in [2.05, 4.69) is 9.97 Å². The van der Waals surface area contributed by atoms with Gasteiger partial charge in [0, 0.05) is 50.3 Å². The number of hydrogen-bond acceptors (Lipinski definition) is 6. The van der Waals surface area contributed by atoms with Crippen molar-refractivity contribution in [1.29, 1.82) is 0 Å². The topological polar surface area (TPSA) is 77.4 Å². The van der Waals surface area contributed by atoms with Crippen molar-refractivity contribution in [2.45, 2.75) is 38.7 Å². The van der Waals surface area contributed by atoms with E-state index in [1.165, 1.54) is 0 Å². The Morgan fingerprint density at radius 1 is 1.29 bits per heavy atom. The summed E-state index contributed by atoms with van der Waals surface area (Å²) in [4.78, 5) is 27.8. The molecule has 2 aromatic rings. The van der Waals surface area contributed by atoms with Crippen molar-refractivity contribution in [3.63, 3.8) is 0 Å². The number of methoxy groups -OCH3 is 1. The quantitative estimate of drug-likeness (QED) is 0.650. The molecule has 0 aromatic carbocycles. The van der Waals surface area contributed by atoms with E-state index < -0.39 is 0 Å².